The largest absolute Gasteiger partial charge is 0.395 e. The van der Waals surface area contributed by atoms with E-state index >= 15 is 0 Å². The lowest BCUT2D eigenvalue weighted by Gasteiger charge is -2.10. The summed E-state index contributed by atoms with van der Waals surface area (Å²) < 4.78 is 5.89. The normalized spacial score (nSPS) is 10.6. The topological polar surface area (TPSA) is 89.3 Å². The molecule has 0 aliphatic carbocycles. The number of nitrogens with zero attached hydrogens (tertiary/aromatic N) is 1. The van der Waals surface area contributed by atoms with Crippen LogP contribution in [-0.2, 0) is 9.53 Å². The summed E-state index contributed by atoms with van der Waals surface area (Å²) in [6.45, 7) is 1.17. The van der Waals surface area contributed by atoms with E-state index in [-0.39, 0.29) is 12.5 Å². The quantitative estimate of drug-likeness (QED) is 0.543. The number of nitrogens with two attached hydrogens (primary N) is 1. The first kappa shape index (κ1) is 13.6. The minimum absolute atomic E-state index is 0.102. The van der Waals surface area contributed by atoms with Crippen molar-refractivity contribution in [1.82, 2.24) is 10.3 Å². The highest BCUT2D eigenvalue weighted by Gasteiger charge is 2.07. The van der Waals surface area contributed by atoms with E-state index in [0.29, 0.717) is 18.8 Å². The van der Waals surface area contributed by atoms with Gasteiger partial charge in [-0.05, 0) is 12.1 Å². The summed E-state index contributed by atoms with van der Waals surface area (Å²) in [6, 6.07) is 3.80. The standard InChI is InChI=1S/C12H16N4O2S/c1-18-5-4-14-10(17)6-15-8-2-3-9-12(11(8)13)16-7-19-9/h2-3,7,15H,4-6,13H2,1H3,(H,14,17). The van der Waals surface area contributed by atoms with Crippen LogP contribution in [0.3, 0.4) is 0 Å². The van der Waals surface area contributed by atoms with Crippen molar-refractivity contribution in [3.8, 4) is 0 Å². The number of nitrogens with one attached hydrogen (secondary N) is 2. The van der Waals surface area contributed by atoms with Gasteiger partial charge in [0.25, 0.3) is 0 Å². The van der Waals surface area contributed by atoms with Gasteiger partial charge in [-0.2, -0.15) is 0 Å². The minimum Gasteiger partial charge on any atom is -0.395 e. The van der Waals surface area contributed by atoms with E-state index < -0.39 is 0 Å². The maximum atomic E-state index is 11.5. The van der Waals surface area contributed by atoms with Gasteiger partial charge in [0, 0.05) is 13.7 Å². The van der Waals surface area contributed by atoms with Crippen LogP contribution in [0.15, 0.2) is 17.6 Å². The van der Waals surface area contributed by atoms with E-state index in [9.17, 15) is 4.79 Å². The van der Waals surface area contributed by atoms with E-state index in [1.807, 2.05) is 12.1 Å². The van der Waals surface area contributed by atoms with Crippen molar-refractivity contribution in [1.29, 1.82) is 0 Å². The van der Waals surface area contributed by atoms with Gasteiger partial charge in [-0.1, -0.05) is 0 Å². The van der Waals surface area contributed by atoms with Crippen LogP contribution < -0.4 is 16.4 Å². The first-order valence-electron chi connectivity index (χ1n) is 5.83. The number of carbonyl (C=O) groups excluding carboxylic acids is 1. The van der Waals surface area contributed by atoms with Gasteiger partial charge < -0.3 is 21.1 Å². The van der Waals surface area contributed by atoms with E-state index in [1.165, 1.54) is 11.3 Å². The molecule has 2 aromatic rings. The van der Waals surface area contributed by atoms with Crippen LogP contribution in [0.4, 0.5) is 11.4 Å². The lowest BCUT2D eigenvalue weighted by Crippen LogP contribution is -2.32. The Balaban J connectivity index is 1.94. The number of amides is 1. The zero-order valence-electron chi connectivity index (χ0n) is 10.6. The summed E-state index contributed by atoms with van der Waals surface area (Å²) >= 11 is 1.54. The highest BCUT2D eigenvalue weighted by molar-refractivity contribution is 7.16. The number of nitrogen functional groups attached to an aromatic ring is 1. The number of ether oxygens (including phenoxy) is 1. The Bertz CT molecular complexity index is 570. The van der Waals surface area contributed by atoms with Crippen molar-refractivity contribution in [2.24, 2.45) is 0 Å². The summed E-state index contributed by atoms with van der Waals surface area (Å²) in [5.74, 6) is -0.102. The third kappa shape index (κ3) is 3.33. The lowest BCUT2D eigenvalue weighted by molar-refractivity contribution is -0.119. The predicted molar refractivity (Wildman–Crippen MR) is 77.4 cm³/mol. The SMILES string of the molecule is COCCNC(=O)CNc1ccc2scnc2c1N. The van der Waals surface area contributed by atoms with Crippen LogP contribution in [-0.4, -0.2) is 37.7 Å². The number of thiazole rings is 1. The van der Waals surface area contributed by atoms with E-state index in [4.69, 9.17) is 10.5 Å². The monoisotopic (exact) mass is 280 g/mol. The number of methoxy groups -OCH3 is 1. The Morgan fingerprint density at radius 1 is 1.53 bits per heavy atom. The average molecular weight is 280 g/mol. The smallest absolute Gasteiger partial charge is 0.239 e. The molecule has 0 atom stereocenters. The molecule has 1 aromatic carbocycles. The number of anilines is 2. The molecule has 6 nitrogen and oxygen atoms in total. The molecule has 0 radical (unpaired) electrons. The van der Waals surface area contributed by atoms with Gasteiger partial charge in [-0.3, -0.25) is 4.79 Å². The van der Waals surface area contributed by atoms with Gasteiger partial charge in [0.1, 0.15) is 5.52 Å². The third-order valence-corrected chi connectivity index (χ3v) is 3.40. The van der Waals surface area contributed by atoms with Gasteiger partial charge >= 0.3 is 0 Å². The molecular weight excluding hydrogens is 264 g/mol. The van der Waals surface area contributed by atoms with E-state index in [0.717, 1.165) is 15.9 Å². The number of rotatable bonds is 6. The van der Waals surface area contributed by atoms with Crippen LogP contribution in [0.25, 0.3) is 10.2 Å². The molecule has 1 aromatic heterocycles. The fraction of sp³-hybridized carbons (Fsp3) is 0.333. The number of benzene rings is 1. The van der Waals surface area contributed by atoms with Crippen molar-refractivity contribution < 1.29 is 9.53 Å². The van der Waals surface area contributed by atoms with Crippen molar-refractivity contribution in [3.63, 3.8) is 0 Å². The van der Waals surface area contributed by atoms with Crippen molar-refractivity contribution >= 4 is 38.8 Å². The van der Waals surface area contributed by atoms with E-state index in [1.54, 1.807) is 12.6 Å². The first-order chi connectivity index (χ1) is 9.22. The van der Waals surface area contributed by atoms with Crippen LogP contribution in [0.2, 0.25) is 0 Å². The predicted octanol–water partition coefficient (Wildman–Crippen LogP) is 1.05. The number of hydrogen-bond donors (Lipinski definition) is 3. The maximum Gasteiger partial charge on any atom is 0.239 e. The van der Waals surface area contributed by atoms with Gasteiger partial charge in [0.2, 0.25) is 5.91 Å². The van der Waals surface area contributed by atoms with Crippen LogP contribution in [0.1, 0.15) is 0 Å². The molecule has 0 saturated heterocycles. The summed E-state index contributed by atoms with van der Waals surface area (Å²) in [6.07, 6.45) is 0. The molecule has 4 N–H and O–H groups in total. The Hall–Kier alpha value is -1.86. The van der Waals surface area contributed by atoms with Crippen molar-refractivity contribution in [2.45, 2.75) is 0 Å². The summed E-state index contributed by atoms with van der Waals surface area (Å²) in [5, 5.41) is 5.73. The van der Waals surface area contributed by atoms with E-state index in [2.05, 4.69) is 15.6 Å². The van der Waals surface area contributed by atoms with Gasteiger partial charge in [-0.25, -0.2) is 4.98 Å². The zero-order chi connectivity index (χ0) is 13.7. The van der Waals surface area contributed by atoms with Crippen molar-refractivity contribution in [2.75, 3.05) is 37.9 Å². The first-order valence-corrected chi connectivity index (χ1v) is 6.71. The molecule has 7 heteroatoms. The molecule has 0 fully saturated rings. The van der Waals surface area contributed by atoms with Crippen LogP contribution in [0.5, 0.6) is 0 Å². The molecule has 0 bridgehead atoms. The molecule has 0 unspecified atom stereocenters. The van der Waals surface area contributed by atoms with Crippen LogP contribution in [0, 0.1) is 0 Å². The Kier molecular flexibility index (Phi) is 4.53. The number of aromatic nitrogens is 1. The number of fused-ring (bicyclic) bond motifs is 1. The fourth-order valence-corrected chi connectivity index (χ4v) is 2.33. The fourth-order valence-electron chi connectivity index (χ4n) is 1.64. The second-order valence-electron chi connectivity index (χ2n) is 3.92. The average Bonchev–Trinajstić information content (AvgIpc) is 2.87. The summed E-state index contributed by atoms with van der Waals surface area (Å²) in [7, 11) is 1.59. The Morgan fingerprint density at radius 2 is 2.37 bits per heavy atom. The Labute approximate surface area is 115 Å². The van der Waals surface area contributed by atoms with Gasteiger partial charge in [-0.15, -0.1) is 11.3 Å². The molecule has 0 aliphatic heterocycles. The number of carbonyl (C=O) groups is 1. The molecule has 0 aliphatic rings. The minimum atomic E-state index is -0.102. The maximum absolute atomic E-state index is 11.5. The highest BCUT2D eigenvalue weighted by atomic mass is 32.1. The highest BCUT2D eigenvalue weighted by Crippen LogP contribution is 2.29. The third-order valence-electron chi connectivity index (χ3n) is 2.61. The molecule has 0 spiro atoms. The Morgan fingerprint density at radius 3 is 3.16 bits per heavy atom. The number of hydrogen-bond acceptors (Lipinski definition) is 6. The van der Waals surface area contributed by atoms with Gasteiger partial charge in [0.05, 0.1) is 34.7 Å². The summed E-state index contributed by atoms with van der Waals surface area (Å²) in [5.41, 5.74) is 9.82. The molecule has 19 heavy (non-hydrogen) atoms. The molecule has 102 valence electrons. The lowest BCUT2D eigenvalue weighted by atomic mass is 10.2. The van der Waals surface area contributed by atoms with Crippen LogP contribution >= 0.6 is 11.3 Å². The molecule has 2 rings (SSSR count). The molecule has 1 amide bonds. The second kappa shape index (κ2) is 6.35. The zero-order valence-corrected chi connectivity index (χ0v) is 11.4. The molecular formula is C12H16N4O2S. The second-order valence-corrected chi connectivity index (χ2v) is 4.81. The summed E-state index contributed by atoms with van der Waals surface area (Å²) in [4.78, 5) is 15.7. The molecule has 0 saturated carbocycles. The molecule has 1 heterocycles. The van der Waals surface area contributed by atoms with Gasteiger partial charge in [0.15, 0.2) is 0 Å². The van der Waals surface area contributed by atoms with Crippen molar-refractivity contribution in [3.05, 3.63) is 17.6 Å².